The Morgan fingerprint density at radius 3 is 2.88 bits per heavy atom. The van der Waals surface area contributed by atoms with Crippen LogP contribution in [0.3, 0.4) is 0 Å². The third kappa shape index (κ3) is 3.64. The predicted molar refractivity (Wildman–Crippen MR) is 97.6 cm³/mol. The molecule has 26 heavy (non-hydrogen) atoms. The maximum atomic E-state index is 5.61. The molecule has 2 N–H and O–H groups in total. The number of rotatable bonds is 6. The molecule has 3 aromatic rings. The molecule has 1 saturated heterocycles. The lowest BCUT2D eigenvalue weighted by molar-refractivity contribution is 0.0485. The quantitative estimate of drug-likeness (QED) is 0.705. The van der Waals surface area contributed by atoms with Crippen LogP contribution in [-0.4, -0.2) is 33.6 Å². The van der Waals surface area contributed by atoms with Crippen LogP contribution in [0.2, 0.25) is 0 Å². The molecule has 0 aliphatic carbocycles. The van der Waals surface area contributed by atoms with Crippen molar-refractivity contribution in [1.82, 2.24) is 25.7 Å². The van der Waals surface area contributed by atoms with Gasteiger partial charge >= 0.3 is 0 Å². The molecule has 1 aliphatic rings. The number of aromatic nitrogens is 4. The second-order valence-corrected chi connectivity index (χ2v) is 7.25. The smallest absolute Gasteiger partial charge is 0.244 e. The lowest BCUT2D eigenvalue weighted by Gasteiger charge is -2.28. The summed E-state index contributed by atoms with van der Waals surface area (Å²) in [5, 5.41) is 16.0. The summed E-state index contributed by atoms with van der Waals surface area (Å²) < 4.78 is 11.1. The molecular weight excluding hydrogens is 330 g/mol. The fraction of sp³-hybridized carbons (Fsp3) is 0.526. The lowest BCUT2D eigenvalue weighted by atomic mass is 9.91. The summed E-state index contributed by atoms with van der Waals surface area (Å²) >= 11 is 0. The van der Waals surface area contributed by atoms with Gasteiger partial charge in [0.15, 0.2) is 5.82 Å². The fourth-order valence-corrected chi connectivity index (χ4v) is 3.43. The van der Waals surface area contributed by atoms with Gasteiger partial charge in [-0.25, -0.2) is 0 Å². The average molecular weight is 355 g/mol. The van der Waals surface area contributed by atoms with Crippen LogP contribution in [0.15, 0.2) is 28.9 Å². The summed E-state index contributed by atoms with van der Waals surface area (Å²) in [7, 11) is 0. The van der Waals surface area contributed by atoms with Gasteiger partial charge in [0.1, 0.15) is 0 Å². The Balaban J connectivity index is 1.53. The second-order valence-electron chi connectivity index (χ2n) is 7.25. The molecule has 1 fully saturated rings. The van der Waals surface area contributed by atoms with Crippen molar-refractivity contribution in [3.05, 3.63) is 41.7 Å². The number of hydrogen-bond donors (Lipinski definition) is 2. The molecule has 0 amide bonds. The standard InChI is InChI=1S/C19H25N5O2/c1-12(2)18-22-19(26-24-18)17(14-5-7-25-8-6-14)20-10-13-3-4-15-11-21-23-16(15)9-13/h3-4,9,11-12,14,17,20H,5-8,10H2,1-2H3,(H,21,23)/t17-/m1/s1. The van der Waals surface area contributed by atoms with Crippen molar-refractivity contribution in [3.63, 3.8) is 0 Å². The molecule has 0 saturated carbocycles. The normalized spacial score (nSPS) is 17.2. The minimum atomic E-state index is 0.0383. The zero-order valence-electron chi connectivity index (χ0n) is 15.2. The monoisotopic (exact) mass is 355 g/mol. The molecule has 1 atom stereocenters. The van der Waals surface area contributed by atoms with Gasteiger partial charge in [0.2, 0.25) is 5.89 Å². The Morgan fingerprint density at radius 1 is 1.27 bits per heavy atom. The molecule has 138 valence electrons. The molecule has 0 spiro atoms. The molecule has 1 aromatic carbocycles. The van der Waals surface area contributed by atoms with Crippen molar-refractivity contribution in [3.8, 4) is 0 Å². The zero-order valence-corrected chi connectivity index (χ0v) is 15.2. The van der Waals surface area contributed by atoms with Crippen molar-refractivity contribution >= 4 is 10.9 Å². The molecule has 7 heteroatoms. The number of ether oxygens (including phenoxy) is 1. The van der Waals surface area contributed by atoms with E-state index < -0.39 is 0 Å². The van der Waals surface area contributed by atoms with Crippen LogP contribution in [0.25, 0.3) is 10.9 Å². The molecule has 7 nitrogen and oxygen atoms in total. The molecule has 2 aromatic heterocycles. The number of nitrogens with zero attached hydrogens (tertiary/aromatic N) is 3. The van der Waals surface area contributed by atoms with Gasteiger partial charge in [-0.2, -0.15) is 10.1 Å². The van der Waals surface area contributed by atoms with Crippen molar-refractivity contribution in [2.24, 2.45) is 5.92 Å². The Bertz CT molecular complexity index is 850. The van der Waals surface area contributed by atoms with Crippen molar-refractivity contribution in [1.29, 1.82) is 0 Å². The zero-order chi connectivity index (χ0) is 17.9. The van der Waals surface area contributed by atoms with Crippen LogP contribution in [0, 0.1) is 5.92 Å². The van der Waals surface area contributed by atoms with Crippen LogP contribution >= 0.6 is 0 Å². The number of fused-ring (bicyclic) bond motifs is 1. The molecule has 0 radical (unpaired) electrons. The average Bonchev–Trinajstić information content (AvgIpc) is 3.32. The highest BCUT2D eigenvalue weighted by Crippen LogP contribution is 2.30. The van der Waals surface area contributed by atoms with E-state index in [1.54, 1.807) is 0 Å². The summed E-state index contributed by atoms with van der Waals surface area (Å²) in [6.45, 7) is 6.45. The van der Waals surface area contributed by atoms with E-state index in [4.69, 9.17) is 9.26 Å². The summed E-state index contributed by atoms with van der Waals surface area (Å²) in [6.07, 6.45) is 3.83. The highest BCUT2D eigenvalue weighted by molar-refractivity contribution is 5.78. The second kappa shape index (κ2) is 7.55. The van der Waals surface area contributed by atoms with E-state index in [0.717, 1.165) is 49.3 Å². The third-order valence-corrected chi connectivity index (χ3v) is 5.01. The first-order valence-electron chi connectivity index (χ1n) is 9.27. The van der Waals surface area contributed by atoms with Crippen LogP contribution in [0.5, 0.6) is 0 Å². The van der Waals surface area contributed by atoms with Gasteiger partial charge in [0.05, 0.1) is 17.8 Å². The summed E-state index contributed by atoms with van der Waals surface area (Å²) in [5.41, 5.74) is 2.24. The minimum Gasteiger partial charge on any atom is -0.381 e. The van der Waals surface area contributed by atoms with Crippen LogP contribution in [0.4, 0.5) is 0 Å². The Morgan fingerprint density at radius 2 is 2.12 bits per heavy atom. The summed E-state index contributed by atoms with van der Waals surface area (Å²) in [6, 6.07) is 6.38. The van der Waals surface area contributed by atoms with Crippen molar-refractivity contribution in [2.75, 3.05) is 13.2 Å². The van der Waals surface area contributed by atoms with Gasteiger partial charge in [-0.05, 0) is 30.4 Å². The molecule has 3 heterocycles. The summed E-state index contributed by atoms with van der Waals surface area (Å²) in [5.74, 6) is 2.13. The topological polar surface area (TPSA) is 88.9 Å². The maximum Gasteiger partial charge on any atom is 0.244 e. The number of benzene rings is 1. The number of hydrogen-bond acceptors (Lipinski definition) is 6. The summed E-state index contributed by atoms with van der Waals surface area (Å²) in [4.78, 5) is 4.64. The van der Waals surface area contributed by atoms with E-state index in [-0.39, 0.29) is 12.0 Å². The van der Waals surface area contributed by atoms with E-state index >= 15 is 0 Å². The molecular formula is C19H25N5O2. The van der Waals surface area contributed by atoms with Crippen LogP contribution in [0.1, 0.15) is 55.9 Å². The van der Waals surface area contributed by atoms with Gasteiger partial charge in [0.25, 0.3) is 0 Å². The molecule has 4 rings (SSSR count). The van der Waals surface area contributed by atoms with Gasteiger partial charge in [-0.3, -0.25) is 5.10 Å². The van der Waals surface area contributed by atoms with E-state index in [0.29, 0.717) is 11.8 Å². The third-order valence-electron chi connectivity index (χ3n) is 5.01. The van der Waals surface area contributed by atoms with E-state index in [9.17, 15) is 0 Å². The first kappa shape index (κ1) is 17.2. The number of nitrogens with one attached hydrogen (secondary N) is 2. The number of aromatic amines is 1. The lowest BCUT2D eigenvalue weighted by Crippen LogP contribution is -2.32. The highest BCUT2D eigenvalue weighted by atomic mass is 16.5. The van der Waals surface area contributed by atoms with Crippen LogP contribution in [-0.2, 0) is 11.3 Å². The van der Waals surface area contributed by atoms with E-state index in [2.05, 4.69) is 57.7 Å². The molecule has 1 aliphatic heterocycles. The first-order valence-corrected chi connectivity index (χ1v) is 9.27. The molecule has 0 unspecified atom stereocenters. The van der Waals surface area contributed by atoms with Crippen LogP contribution < -0.4 is 5.32 Å². The Hall–Kier alpha value is -2.25. The van der Waals surface area contributed by atoms with Gasteiger partial charge < -0.3 is 14.6 Å². The van der Waals surface area contributed by atoms with Gasteiger partial charge in [-0.15, -0.1) is 0 Å². The number of H-pyrrole nitrogens is 1. The SMILES string of the molecule is CC(C)c1noc([C@H](NCc2ccc3cn[nH]c3c2)C2CCOCC2)n1. The molecule has 0 bridgehead atoms. The Kier molecular flexibility index (Phi) is 4.99. The van der Waals surface area contributed by atoms with E-state index in [1.165, 1.54) is 5.56 Å². The van der Waals surface area contributed by atoms with Crippen molar-refractivity contribution < 1.29 is 9.26 Å². The maximum absolute atomic E-state index is 5.61. The minimum absolute atomic E-state index is 0.0383. The van der Waals surface area contributed by atoms with Gasteiger partial charge in [0, 0.05) is 31.1 Å². The predicted octanol–water partition coefficient (Wildman–Crippen LogP) is 3.33. The van der Waals surface area contributed by atoms with Gasteiger partial charge in [-0.1, -0.05) is 31.1 Å². The van der Waals surface area contributed by atoms with Crippen molar-refractivity contribution in [2.45, 2.75) is 45.2 Å². The largest absolute Gasteiger partial charge is 0.381 e. The van der Waals surface area contributed by atoms with E-state index in [1.807, 2.05) is 6.20 Å². The fourth-order valence-electron chi connectivity index (χ4n) is 3.43. The Labute approximate surface area is 152 Å². The first-order chi connectivity index (χ1) is 12.7. The highest BCUT2D eigenvalue weighted by Gasteiger charge is 2.30.